The maximum Gasteiger partial charge on any atom is 0.312 e. The van der Waals surface area contributed by atoms with Crippen LogP contribution in [0.5, 0.6) is 0 Å². The highest BCUT2D eigenvalue weighted by Gasteiger charge is 2.20. The highest BCUT2D eigenvalue weighted by Crippen LogP contribution is 2.28. The summed E-state index contributed by atoms with van der Waals surface area (Å²) in [6.45, 7) is 0. The summed E-state index contributed by atoms with van der Waals surface area (Å²) in [5, 5.41) is 18.0. The third kappa shape index (κ3) is 2.85. The summed E-state index contributed by atoms with van der Waals surface area (Å²) in [4.78, 5) is 10.9. The van der Waals surface area contributed by atoms with Gasteiger partial charge in [-0.05, 0) is 17.7 Å². The Kier molecular flexibility index (Phi) is 3.96. The smallest absolute Gasteiger partial charge is 0.312 e. The second-order valence-electron chi connectivity index (χ2n) is 2.93. The Hall–Kier alpha value is -1.24. The first-order valence-electron chi connectivity index (χ1n) is 4.11. The van der Waals surface area contributed by atoms with Crippen molar-refractivity contribution in [3.05, 3.63) is 33.8 Å². The molecule has 0 aliphatic heterocycles. The predicted molar refractivity (Wildman–Crippen MR) is 57.1 cm³/mol. The fourth-order valence-electron chi connectivity index (χ4n) is 1.17. The van der Waals surface area contributed by atoms with Gasteiger partial charge in [-0.3, -0.25) is 4.79 Å². The van der Waals surface area contributed by atoms with Gasteiger partial charge in [0.25, 0.3) is 0 Å². The second-order valence-corrected chi connectivity index (χ2v) is 3.74. The van der Waals surface area contributed by atoms with Gasteiger partial charge in [0.2, 0.25) is 0 Å². The summed E-state index contributed by atoms with van der Waals surface area (Å²) in [5.41, 5.74) is 0.485. The van der Waals surface area contributed by atoms with Crippen LogP contribution in [0, 0.1) is 11.3 Å². The molecule has 0 amide bonds. The number of carbonyl (C=O) groups is 1. The lowest BCUT2D eigenvalue weighted by Gasteiger charge is -2.09. The maximum atomic E-state index is 10.9. The monoisotopic (exact) mass is 243 g/mol. The van der Waals surface area contributed by atoms with Crippen LogP contribution in [0.2, 0.25) is 10.0 Å². The number of benzene rings is 1. The van der Waals surface area contributed by atoms with Crippen molar-refractivity contribution in [2.24, 2.45) is 0 Å². The second kappa shape index (κ2) is 5.01. The number of carboxylic acids is 1. The Balaban J connectivity index is 3.07. The topological polar surface area (TPSA) is 61.1 Å². The molecule has 1 atom stereocenters. The molecule has 0 bridgehead atoms. The van der Waals surface area contributed by atoms with E-state index in [2.05, 4.69) is 0 Å². The molecule has 1 aromatic rings. The van der Waals surface area contributed by atoms with Crippen LogP contribution in [0.25, 0.3) is 0 Å². The molecule has 0 heterocycles. The van der Waals surface area contributed by atoms with Crippen LogP contribution >= 0.6 is 23.2 Å². The Labute approximate surface area is 96.8 Å². The Morgan fingerprint density at radius 2 is 2.13 bits per heavy atom. The van der Waals surface area contributed by atoms with E-state index in [-0.39, 0.29) is 6.42 Å². The molecule has 1 rings (SSSR count). The van der Waals surface area contributed by atoms with E-state index in [0.29, 0.717) is 15.6 Å². The van der Waals surface area contributed by atoms with E-state index in [1.807, 2.05) is 6.07 Å². The molecule has 0 fully saturated rings. The number of nitrogens with zero attached hydrogens (tertiary/aromatic N) is 1. The number of carboxylic acid groups (broad SMARTS) is 1. The van der Waals surface area contributed by atoms with Crippen LogP contribution < -0.4 is 0 Å². The molecule has 1 N–H and O–H groups in total. The van der Waals surface area contributed by atoms with Gasteiger partial charge in [0, 0.05) is 0 Å². The standard InChI is InChI=1S/C10H7Cl2NO2/c11-8-2-1-6(5-9(8)12)7(3-4-13)10(14)15/h1-2,5,7H,3H2,(H,14,15). The van der Waals surface area contributed by atoms with Crippen LogP contribution in [0.4, 0.5) is 0 Å². The van der Waals surface area contributed by atoms with Crippen LogP contribution in [-0.4, -0.2) is 11.1 Å². The molecule has 1 aromatic carbocycles. The first-order valence-corrected chi connectivity index (χ1v) is 4.86. The molecule has 0 saturated heterocycles. The maximum absolute atomic E-state index is 10.9. The molecular weight excluding hydrogens is 237 g/mol. The number of halogens is 2. The third-order valence-electron chi connectivity index (χ3n) is 1.94. The molecule has 0 aliphatic carbocycles. The summed E-state index contributed by atoms with van der Waals surface area (Å²) >= 11 is 11.5. The zero-order chi connectivity index (χ0) is 11.4. The molecule has 3 nitrogen and oxygen atoms in total. The van der Waals surface area contributed by atoms with Gasteiger partial charge in [-0.2, -0.15) is 5.26 Å². The average Bonchev–Trinajstić information content (AvgIpc) is 2.18. The largest absolute Gasteiger partial charge is 0.481 e. The van der Waals surface area contributed by atoms with Gasteiger partial charge in [0.1, 0.15) is 0 Å². The van der Waals surface area contributed by atoms with Gasteiger partial charge in [-0.15, -0.1) is 0 Å². The van der Waals surface area contributed by atoms with Gasteiger partial charge < -0.3 is 5.11 Å². The van der Waals surface area contributed by atoms with Crippen molar-refractivity contribution in [1.82, 2.24) is 0 Å². The molecule has 1 unspecified atom stereocenters. The molecule has 5 heteroatoms. The molecule has 78 valence electrons. The van der Waals surface area contributed by atoms with Crippen LogP contribution in [-0.2, 0) is 4.79 Å². The van der Waals surface area contributed by atoms with Gasteiger partial charge in [-0.25, -0.2) is 0 Å². The molecule has 0 spiro atoms. The van der Waals surface area contributed by atoms with Crippen LogP contribution in [0.15, 0.2) is 18.2 Å². The van der Waals surface area contributed by atoms with Crippen molar-refractivity contribution in [1.29, 1.82) is 5.26 Å². The lowest BCUT2D eigenvalue weighted by atomic mass is 9.97. The minimum absolute atomic E-state index is 0.0900. The van der Waals surface area contributed by atoms with Crippen molar-refractivity contribution < 1.29 is 9.90 Å². The van der Waals surface area contributed by atoms with E-state index in [4.69, 9.17) is 33.6 Å². The number of nitriles is 1. The first-order chi connectivity index (χ1) is 7.06. The van der Waals surface area contributed by atoms with E-state index >= 15 is 0 Å². The number of hydrogen-bond acceptors (Lipinski definition) is 2. The number of hydrogen-bond donors (Lipinski definition) is 1. The summed E-state index contributed by atoms with van der Waals surface area (Å²) in [7, 11) is 0. The molecule has 0 radical (unpaired) electrons. The Morgan fingerprint density at radius 3 is 2.60 bits per heavy atom. The van der Waals surface area contributed by atoms with Crippen molar-refractivity contribution in [2.75, 3.05) is 0 Å². The number of aliphatic carboxylic acids is 1. The van der Waals surface area contributed by atoms with Gasteiger partial charge in [-0.1, -0.05) is 29.3 Å². The molecule has 0 aromatic heterocycles. The van der Waals surface area contributed by atoms with Crippen LogP contribution in [0.3, 0.4) is 0 Å². The zero-order valence-electron chi connectivity index (χ0n) is 7.58. The summed E-state index contributed by atoms with van der Waals surface area (Å²) in [5.74, 6) is -1.90. The van der Waals surface area contributed by atoms with E-state index in [9.17, 15) is 4.79 Å². The lowest BCUT2D eigenvalue weighted by Crippen LogP contribution is -2.10. The van der Waals surface area contributed by atoms with Crippen molar-refractivity contribution >= 4 is 29.2 Å². The fourth-order valence-corrected chi connectivity index (χ4v) is 1.47. The summed E-state index contributed by atoms with van der Waals surface area (Å²) < 4.78 is 0. The molecule has 15 heavy (non-hydrogen) atoms. The third-order valence-corrected chi connectivity index (χ3v) is 2.68. The van der Waals surface area contributed by atoms with E-state index in [1.165, 1.54) is 12.1 Å². The minimum Gasteiger partial charge on any atom is -0.481 e. The zero-order valence-corrected chi connectivity index (χ0v) is 9.09. The predicted octanol–water partition coefficient (Wildman–Crippen LogP) is 3.08. The van der Waals surface area contributed by atoms with Gasteiger partial charge in [0.15, 0.2) is 0 Å². The highest BCUT2D eigenvalue weighted by molar-refractivity contribution is 6.42. The first kappa shape index (κ1) is 11.8. The van der Waals surface area contributed by atoms with E-state index in [1.54, 1.807) is 6.07 Å². The lowest BCUT2D eigenvalue weighted by molar-refractivity contribution is -0.138. The Bertz CT molecular complexity index is 426. The van der Waals surface area contributed by atoms with Gasteiger partial charge in [0.05, 0.1) is 28.5 Å². The minimum atomic E-state index is -1.05. The van der Waals surface area contributed by atoms with Gasteiger partial charge >= 0.3 is 5.97 Å². The summed E-state index contributed by atoms with van der Waals surface area (Å²) in [6, 6.07) is 6.38. The van der Waals surface area contributed by atoms with Crippen molar-refractivity contribution in [2.45, 2.75) is 12.3 Å². The molecule has 0 saturated carbocycles. The normalized spacial score (nSPS) is 11.8. The van der Waals surface area contributed by atoms with E-state index < -0.39 is 11.9 Å². The fraction of sp³-hybridized carbons (Fsp3) is 0.200. The SMILES string of the molecule is N#CCC(C(=O)O)c1ccc(Cl)c(Cl)c1. The molecular formula is C10H7Cl2NO2. The number of rotatable bonds is 3. The molecule has 0 aliphatic rings. The van der Waals surface area contributed by atoms with Crippen LogP contribution in [0.1, 0.15) is 17.9 Å². The van der Waals surface area contributed by atoms with Crippen molar-refractivity contribution in [3.63, 3.8) is 0 Å². The highest BCUT2D eigenvalue weighted by atomic mass is 35.5. The quantitative estimate of drug-likeness (QED) is 0.888. The average molecular weight is 244 g/mol. The van der Waals surface area contributed by atoms with E-state index in [0.717, 1.165) is 0 Å². The summed E-state index contributed by atoms with van der Waals surface area (Å²) in [6.07, 6.45) is -0.0900. The van der Waals surface area contributed by atoms with Crippen molar-refractivity contribution in [3.8, 4) is 6.07 Å². The Morgan fingerprint density at radius 1 is 1.47 bits per heavy atom.